The van der Waals surface area contributed by atoms with Gasteiger partial charge in [0, 0.05) is 23.8 Å². The van der Waals surface area contributed by atoms with E-state index >= 15 is 0 Å². The lowest BCUT2D eigenvalue weighted by Crippen LogP contribution is -2.40. The Morgan fingerprint density at radius 1 is 1.44 bits per heavy atom. The Morgan fingerprint density at radius 3 is 2.78 bits per heavy atom. The second-order valence-electron chi connectivity index (χ2n) is 5.39. The number of hydrogen-bond donors (Lipinski definition) is 1. The van der Waals surface area contributed by atoms with E-state index in [2.05, 4.69) is 23.7 Å². The van der Waals surface area contributed by atoms with Crippen molar-refractivity contribution in [2.45, 2.75) is 39.7 Å². The largest absolute Gasteiger partial charge is 0.389 e. The minimum absolute atomic E-state index is 0.444. The topological polar surface area (TPSA) is 42.1 Å². The summed E-state index contributed by atoms with van der Waals surface area (Å²) < 4.78 is 0. The Kier molecular flexibility index (Phi) is 3.85. The van der Waals surface area contributed by atoms with Crippen LogP contribution in [0.5, 0.6) is 0 Å². The zero-order chi connectivity index (χ0) is 13.3. The minimum atomic E-state index is 0.444. The van der Waals surface area contributed by atoms with Crippen LogP contribution in [0.4, 0.5) is 5.82 Å². The number of hydrogen-bond acceptors (Lipinski definition) is 3. The number of pyridine rings is 1. The molecule has 2 rings (SSSR count). The number of anilines is 1. The molecule has 2 heterocycles. The quantitative estimate of drug-likeness (QED) is 0.833. The lowest BCUT2D eigenvalue weighted by atomic mass is 9.93. The van der Waals surface area contributed by atoms with Gasteiger partial charge in [0.25, 0.3) is 0 Å². The molecule has 2 atom stereocenters. The first-order chi connectivity index (χ1) is 8.47. The van der Waals surface area contributed by atoms with Crippen molar-refractivity contribution in [1.29, 1.82) is 0 Å². The number of aromatic nitrogens is 1. The molecule has 98 valence electrons. The summed E-state index contributed by atoms with van der Waals surface area (Å²) in [6, 6.07) is 4.49. The average molecular weight is 263 g/mol. The maximum absolute atomic E-state index is 5.72. The first-order valence-electron chi connectivity index (χ1n) is 6.52. The van der Waals surface area contributed by atoms with Gasteiger partial charge in [0.15, 0.2) is 0 Å². The van der Waals surface area contributed by atoms with E-state index in [-0.39, 0.29) is 0 Å². The summed E-state index contributed by atoms with van der Waals surface area (Å²) in [5.74, 6) is 1.81. The first-order valence-corrected chi connectivity index (χ1v) is 6.93. The fourth-order valence-electron chi connectivity index (χ4n) is 2.69. The standard InChI is InChI=1S/C14H21N3S/c1-9-4-5-17(11(3)6-9)13-8-12(14(15)18)7-10(2)16-13/h7-9,11H,4-6H2,1-3H3,(H2,15,18). The van der Waals surface area contributed by atoms with E-state index in [9.17, 15) is 0 Å². The van der Waals surface area contributed by atoms with E-state index in [1.165, 1.54) is 12.8 Å². The molecule has 1 aliphatic heterocycles. The molecule has 2 N–H and O–H groups in total. The number of rotatable bonds is 2. The second kappa shape index (κ2) is 5.22. The minimum Gasteiger partial charge on any atom is -0.389 e. The number of thiocarbonyl (C=S) groups is 1. The number of nitrogens with zero attached hydrogens (tertiary/aromatic N) is 2. The van der Waals surface area contributed by atoms with Crippen LogP contribution >= 0.6 is 12.2 Å². The molecule has 4 heteroatoms. The van der Waals surface area contributed by atoms with Gasteiger partial charge in [0.05, 0.1) is 0 Å². The van der Waals surface area contributed by atoms with Crippen LogP contribution in [0.15, 0.2) is 12.1 Å². The van der Waals surface area contributed by atoms with Gasteiger partial charge in [-0.15, -0.1) is 0 Å². The molecule has 1 fully saturated rings. The third kappa shape index (κ3) is 2.80. The van der Waals surface area contributed by atoms with Crippen molar-refractivity contribution >= 4 is 23.0 Å². The fourth-order valence-corrected chi connectivity index (χ4v) is 2.81. The average Bonchev–Trinajstić information content (AvgIpc) is 2.27. The Morgan fingerprint density at radius 2 is 2.17 bits per heavy atom. The van der Waals surface area contributed by atoms with Crippen LogP contribution in [0.2, 0.25) is 0 Å². The molecule has 1 saturated heterocycles. The molecule has 1 aromatic heterocycles. The zero-order valence-electron chi connectivity index (χ0n) is 11.3. The number of piperidine rings is 1. The summed E-state index contributed by atoms with van der Waals surface area (Å²) in [6.45, 7) is 7.64. The second-order valence-corrected chi connectivity index (χ2v) is 5.83. The van der Waals surface area contributed by atoms with Crippen LogP contribution in [0.25, 0.3) is 0 Å². The van der Waals surface area contributed by atoms with Crippen LogP contribution in [0.1, 0.15) is 37.9 Å². The summed E-state index contributed by atoms with van der Waals surface area (Å²) in [6.07, 6.45) is 2.44. The summed E-state index contributed by atoms with van der Waals surface area (Å²) >= 11 is 5.06. The highest BCUT2D eigenvalue weighted by atomic mass is 32.1. The molecule has 0 aliphatic carbocycles. The van der Waals surface area contributed by atoms with Gasteiger partial charge in [-0.1, -0.05) is 19.1 Å². The predicted molar refractivity (Wildman–Crippen MR) is 80.1 cm³/mol. The van der Waals surface area contributed by atoms with E-state index in [1.54, 1.807) is 0 Å². The molecule has 0 bridgehead atoms. The zero-order valence-corrected chi connectivity index (χ0v) is 12.1. The SMILES string of the molecule is Cc1cc(C(N)=S)cc(N2CCC(C)CC2C)n1. The van der Waals surface area contributed by atoms with Gasteiger partial charge in [-0.05, 0) is 44.7 Å². The number of nitrogens with two attached hydrogens (primary N) is 1. The lowest BCUT2D eigenvalue weighted by Gasteiger charge is -2.37. The monoisotopic (exact) mass is 263 g/mol. The molecule has 0 radical (unpaired) electrons. The molecule has 0 spiro atoms. The maximum Gasteiger partial charge on any atom is 0.129 e. The van der Waals surface area contributed by atoms with E-state index in [0.29, 0.717) is 11.0 Å². The van der Waals surface area contributed by atoms with Gasteiger partial charge >= 0.3 is 0 Å². The van der Waals surface area contributed by atoms with Gasteiger partial charge < -0.3 is 10.6 Å². The van der Waals surface area contributed by atoms with Crippen molar-refractivity contribution in [3.05, 3.63) is 23.4 Å². The summed E-state index contributed by atoms with van der Waals surface area (Å²) in [7, 11) is 0. The normalized spacial score (nSPS) is 24.1. The highest BCUT2D eigenvalue weighted by molar-refractivity contribution is 7.80. The van der Waals surface area contributed by atoms with Crippen molar-refractivity contribution in [1.82, 2.24) is 4.98 Å². The molecular formula is C14H21N3S. The molecule has 18 heavy (non-hydrogen) atoms. The highest BCUT2D eigenvalue weighted by Gasteiger charge is 2.24. The van der Waals surface area contributed by atoms with Gasteiger partial charge in [-0.2, -0.15) is 0 Å². The Hall–Kier alpha value is -1.16. The van der Waals surface area contributed by atoms with E-state index < -0.39 is 0 Å². The Balaban J connectivity index is 2.30. The van der Waals surface area contributed by atoms with Crippen molar-refractivity contribution in [2.24, 2.45) is 11.7 Å². The van der Waals surface area contributed by atoms with E-state index in [1.807, 2.05) is 19.1 Å². The molecule has 1 aromatic rings. The molecule has 0 amide bonds. The van der Waals surface area contributed by atoms with Crippen molar-refractivity contribution < 1.29 is 0 Å². The van der Waals surface area contributed by atoms with Crippen molar-refractivity contribution in [2.75, 3.05) is 11.4 Å². The van der Waals surface area contributed by atoms with Gasteiger partial charge in [-0.25, -0.2) is 4.98 Å². The van der Waals surface area contributed by atoms with Crippen molar-refractivity contribution in [3.8, 4) is 0 Å². The summed E-state index contributed by atoms with van der Waals surface area (Å²) in [5.41, 5.74) is 7.61. The summed E-state index contributed by atoms with van der Waals surface area (Å²) in [5, 5.41) is 0. The molecular weight excluding hydrogens is 242 g/mol. The third-order valence-corrected chi connectivity index (χ3v) is 3.89. The van der Waals surface area contributed by atoms with E-state index in [0.717, 1.165) is 29.5 Å². The van der Waals surface area contributed by atoms with Gasteiger partial charge in [0.2, 0.25) is 0 Å². The third-order valence-electron chi connectivity index (χ3n) is 3.66. The summed E-state index contributed by atoms with van der Waals surface area (Å²) in [4.78, 5) is 7.44. The Labute approximate surface area is 114 Å². The van der Waals surface area contributed by atoms with Crippen LogP contribution in [0, 0.1) is 12.8 Å². The lowest BCUT2D eigenvalue weighted by molar-refractivity contribution is 0.376. The van der Waals surface area contributed by atoms with Crippen LogP contribution < -0.4 is 10.6 Å². The maximum atomic E-state index is 5.72. The first kappa shape index (κ1) is 13.3. The highest BCUT2D eigenvalue weighted by Crippen LogP contribution is 2.27. The van der Waals surface area contributed by atoms with E-state index in [4.69, 9.17) is 18.0 Å². The van der Waals surface area contributed by atoms with Crippen molar-refractivity contribution in [3.63, 3.8) is 0 Å². The molecule has 0 aromatic carbocycles. The van der Waals surface area contributed by atoms with Gasteiger partial charge in [0.1, 0.15) is 10.8 Å². The molecule has 0 saturated carbocycles. The Bertz CT molecular complexity index is 458. The smallest absolute Gasteiger partial charge is 0.129 e. The number of aryl methyl sites for hydroxylation is 1. The van der Waals surface area contributed by atoms with Crippen LogP contribution in [-0.2, 0) is 0 Å². The van der Waals surface area contributed by atoms with Crippen LogP contribution in [-0.4, -0.2) is 22.6 Å². The van der Waals surface area contributed by atoms with Gasteiger partial charge in [-0.3, -0.25) is 0 Å². The predicted octanol–water partition coefficient (Wildman–Crippen LogP) is 2.65. The molecule has 3 nitrogen and oxygen atoms in total. The fraction of sp³-hybridized carbons (Fsp3) is 0.571. The molecule has 2 unspecified atom stereocenters. The molecule has 1 aliphatic rings. The van der Waals surface area contributed by atoms with Crippen LogP contribution in [0.3, 0.4) is 0 Å².